The molecule has 0 bridgehead atoms. The minimum absolute atomic E-state index is 0.0792. The number of piperidine rings is 1. The summed E-state index contributed by atoms with van der Waals surface area (Å²) >= 11 is 1.49. The van der Waals surface area contributed by atoms with Crippen molar-refractivity contribution in [2.45, 2.75) is 45.2 Å². The predicted molar refractivity (Wildman–Crippen MR) is 101 cm³/mol. The Morgan fingerprint density at radius 1 is 1.40 bits per heavy atom. The van der Waals surface area contributed by atoms with Crippen LogP contribution in [0.15, 0.2) is 29.6 Å². The Labute approximate surface area is 152 Å². The maximum Gasteiger partial charge on any atom is 0.270 e. The zero-order valence-electron chi connectivity index (χ0n) is 14.7. The molecule has 3 rings (SSSR count). The molecular formula is C19H25N3O2S. The van der Waals surface area contributed by atoms with Gasteiger partial charge in [-0.1, -0.05) is 6.92 Å². The third-order valence-corrected chi connectivity index (χ3v) is 5.16. The quantitative estimate of drug-likeness (QED) is 0.829. The molecule has 0 radical (unpaired) electrons. The van der Waals surface area contributed by atoms with Crippen LogP contribution in [0, 0.1) is 0 Å². The van der Waals surface area contributed by atoms with Crippen molar-refractivity contribution in [2.75, 3.05) is 13.2 Å². The highest BCUT2D eigenvalue weighted by Gasteiger charge is 2.21. The maximum absolute atomic E-state index is 12.4. The third-order valence-electron chi connectivity index (χ3n) is 4.27. The van der Waals surface area contributed by atoms with Crippen LogP contribution < -0.4 is 15.4 Å². The monoisotopic (exact) mass is 359 g/mol. The summed E-state index contributed by atoms with van der Waals surface area (Å²) in [5.74, 6) is 0.782. The fraction of sp³-hybridized carbons (Fsp3) is 0.474. The molecule has 1 aliphatic heterocycles. The lowest BCUT2D eigenvalue weighted by molar-refractivity contribution is 0.0921. The topological polar surface area (TPSA) is 63.2 Å². The van der Waals surface area contributed by atoms with Crippen LogP contribution in [0.5, 0.6) is 5.75 Å². The molecule has 1 saturated heterocycles. The minimum atomic E-state index is -0.0792. The van der Waals surface area contributed by atoms with E-state index in [-0.39, 0.29) is 11.9 Å². The molecule has 2 atom stereocenters. The van der Waals surface area contributed by atoms with E-state index < -0.39 is 0 Å². The van der Waals surface area contributed by atoms with Crippen LogP contribution in [0.4, 0.5) is 0 Å². The summed E-state index contributed by atoms with van der Waals surface area (Å²) in [6.07, 6.45) is 2.91. The summed E-state index contributed by atoms with van der Waals surface area (Å²) in [4.78, 5) is 16.9. The van der Waals surface area contributed by atoms with Crippen molar-refractivity contribution in [3.63, 3.8) is 0 Å². The number of ether oxygens (including phenoxy) is 1. The second-order valence-electron chi connectivity index (χ2n) is 6.46. The molecule has 5 nitrogen and oxygen atoms in total. The Morgan fingerprint density at radius 3 is 2.92 bits per heavy atom. The van der Waals surface area contributed by atoms with E-state index >= 15 is 0 Å². The maximum atomic E-state index is 12.4. The number of benzene rings is 1. The number of carbonyl (C=O) groups is 1. The van der Waals surface area contributed by atoms with Crippen molar-refractivity contribution in [1.82, 2.24) is 15.6 Å². The van der Waals surface area contributed by atoms with Crippen LogP contribution in [-0.4, -0.2) is 36.1 Å². The van der Waals surface area contributed by atoms with Crippen molar-refractivity contribution in [2.24, 2.45) is 0 Å². The molecule has 2 unspecified atom stereocenters. The first-order chi connectivity index (χ1) is 12.2. The summed E-state index contributed by atoms with van der Waals surface area (Å²) < 4.78 is 5.60. The number of rotatable bonds is 6. The van der Waals surface area contributed by atoms with E-state index in [0.29, 0.717) is 11.7 Å². The van der Waals surface area contributed by atoms with Gasteiger partial charge in [0, 0.05) is 23.0 Å². The molecule has 1 amide bonds. The van der Waals surface area contributed by atoms with E-state index in [0.717, 1.165) is 48.7 Å². The van der Waals surface area contributed by atoms with Crippen molar-refractivity contribution >= 4 is 17.2 Å². The smallest absolute Gasteiger partial charge is 0.270 e. The van der Waals surface area contributed by atoms with Gasteiger partial charge in [0.05, 0.1) is 6.61 Å². The molecular weight excluding hydrogens is 334 g/mol. The molecule has 1 aliphatic rings. The molecule has 0 aliphatic carbocycles. The molecule has 2 aromatic rings. The Hall–Kier alpha value is -1.92. The first-order valence-corrected chi connectivity index (χ1v) is 9.76. The number of hydrogen-bond acceptors (Lipinski definition) is 5. The third kappa shape index (κ3) is 4.80. The van der Waals surface area contributed by atoms with Gasteiger partial charge in [-0.2, -0.15) is 0 Å². The summed E-state index contributed by atoms with van der Waals surface area (Å²) in [6.45, 7) is 5.89. The Balaban J connectivity index is 1.62. The van der Waals surface area contributed by atoms with Crippen molar-refractivity contribution in [3.8, 4) is 16.3 Å². The average molecular weight is 359 g/mol. The zero-order valence-corrected chi connectivity index (χ0v) is 15.6. The first-order valence-electron chi connectivity index (χ1n) is 8.88. The standard InChI is InChI=1S/C19H25N3O2S/c1-3-10-24-16-6-4-14(5-7-16)19-22-17(12-25-19)18(23)21-15-8-9-20-13(2)11-15/h4-7,12-13,15,20H,3,8-11H2,1-2H3,(H,21,23). The van der Waals surface area contributed by atoms with Gasteiger partial charge in [0.1, 0.15) is 16.5 Å². The van der Waals surface area contributed by atoms with Crippen LogP contribution in [-0.2, 0) is 0 Å². The summed E-state index contributed by atoms with van der Waals surface area (Å²) in [7, 11) is 0. The molecule has 25 heavy (non-hydrogen) atoms. The molecule has 134 valence electrons. The molecule has 0 saturated carbocycles. The Morgan fingerprint density at radius 2 is 2.20 bits per heavy atom. The van der Waals surface area contributed by atoms with Crippen LogP contribution >= 0.6 is 11.3 Å². The highest BCUT2D eigenvalue weighted by molar-refractivity contribution is 7.13. The number of nitrogens with one attached hydrogen (secondary N) is 2. The van der Waals surface area contributed by atoms with E-state index in [1.165, 1.54) is 11.3 Å². The lowest BCUT2D eigenvalue weighted by Gasteiger charge is -2.28. The van der Waals surface area contributed by atoms with Crippen LogP contribution in [0.3, 0.4) is 0 Å². The van der Waals surface area contributed by atoms with E-state index in [1.54, 1.807) is 0 Å². The fourth-order valence-corrected chi connectivity index (χ4v) is 3.75. The number of aromatic nitrogens is 1. The van der Waals surface area contributed by atoms with Crippen molar-refractivity contribution < 1.29 is 9.53 Å². The minimum Gasteiger partial charge on any atom is -0.494 e. The number of hydrogen-bond donors (Lipinski definition) is 2. The van der Waals surface area contributed by atoms with Gasteiger partial charge in [0.15, 0.2) is 0 Å². The van der Waals surface area contributed by atoms with Gasteiger partial charge in [-0.25, -0.2) is 4.98 Å². The predicted octanol–water partition coefficient (Wildman–Crippen LogP) is 3.47. The van der Waals surface area contributed by atoms with Gasteiger partial charge in [-0.05, 0) is 57.0 Å². The molecule has 0 spiro atoms. The highest BCUT2D eigenvalue weighted by atomic mass is 32.1. The largest absolute Gasteiger partial charge is 0.494 e. The van der Waals surface area contributed by atoms with Gasteiger partial charge in [-0.3, -0.25) is 4.79 Å². The van der Waals surface area contributed by atoms with Gasteiger partial charge in [0.25, 0.3) is 5.91 Å². The van der Waals surface area contributed by atoms with Crippen LogP contribution in [0.1, 0.15) is 43.6 Å². The molecule has 6 heteroatoms. The molecule has 2 N–H and O–H groups in total. The van der Waals surface area contributed by atoms with Gasteiger partial charge >= 0.3 is 0 Å². The van der Waals surface area contributed by atoms with E-state index in [1.807, 2.05) is 29.6 Å². The molecule has 1 aromatic heterocycles. The second-order valence-corrected chi connectivity index (χ2v) is 7.32. The average Bonchev–Trinajstić information content (AvgIpc) is 3.11. The van der Waals surface area contributed by atoms with E-state index in [9.17, 15) is 4.79 Å². The van der Waals surface area contributed by atoms with Crippen molar-refractivity contribution in [3.05, 3.63) is 35.3 Å². The van der Waals surface area contributed by atoms with E-state index in [4.69, 9.17) is 4.74 Å². The number of nitrogens with zero attached hydrogens (tertiary/aromatic N) is 1. The summed E-state index contributed by atoms with van der Waals surface area (Å²) in [6, 6.07) is 8.54. The number of carbonyl (C=O) groups excluding carboxylic acids is 1. The fourth-order valence-electron chi connectivity index (χ4n) is 2.95. The van der Waals surface area contributed by atoms with Crippen LogP contribution in [0.25, 0.3) is 10.6 Å². The van der Waals surface area contributed by atoms with Gasteiger partial charge in [-0.15, -0.1) is 11.3 Å². The van der Waals surface area contributed by atoms with Crippen LogP contribution in [0.2, 0.25) is 0 Å². The Kier molecular flexibility index (Phi) is 6.04. The SMILES string of the molecule is CCCOc1ccc(-c2nc(C(=O)NC3CCNC(C)C3)cs2)cc1. The Bertz CT molecular complexity index is 699. The lowest BCUT2D eigenvalue weighted by atomic mass is 10.0. The van der Waals surface area contributed by atoms with Gasteiger partial charge in [0.2, 0.25) is 0 Å². The molecule has 1 aromatic carbocycles. The second kappa shape index (κ2) is 8.45. The zero-order chi connectivity index (χ0) is 17.6. The van der Waals surface area contributed by atoms with E-state index in [2.05, 4.69) is 29.5 Å². The van der Waals surface area contributed by atoms with Crippen molar-refractivity contribution in [1.29, 1.82) is 0 Å². The number of thiazole rings is 1. The molecule has 2 heterocycles. The normalized spacial score (nSPS) is 20.2. The lowest BCUT2D eigenvalue weighted by Crippen LogP contribution is -2.46. The number of amides is 1. The molecule has 1 fully saturated rings. The van der Waals surface area contributed by atoms with Gasteiger partial charge < -0.3 is 15.4 Å². The highest BCUT2D eigenvalue weighted by Crippen LogP contribution is 2.26. The first kappa shape index (κ1) is 17.9. The summed E-state index contributed by atoms with van der Waals surface area (Å²) in [5.41, 5.74) is 1.50. The summed E-state index contributed by atoms with van der Waals surface area (Å²) in [5, 5.41) is 9.18.